The smallest absolute Gasteiger partial charge is 0.260 e. The maximum absolute atomic E-state index is 11.9. The second-order valence-electron chi connectivity index (χ2n) is 4.12. The van der Waals surface area contributed by atoms with Crippen molar-refractivity contribution >= 4 is 40.7 Å². The van der Waals surface area contributed by atoms with E-state index < -0.39 is 0 Å². The molecule has 0 saturated carbocycles. The lowest BCUT2D eigenvalue weighted by Crippen LogP contribution is -2.47. The van der Waals surface area contributed by atoms with E-state index in [-0.39, 0.29) is 18.3 Å². The first-order valence-corrected chi connectivity index (χ1v) is 6.97. The topological polar surface area (TPSA) is 41.6 Å². The Labute approximate surface area is 126 Å². The molecule has 1 aliphatic heterocycles. The van der Waals surface area contributed by atoms with Crippen LogP contribution in [0.15, 0.2) is 12.1 Å². The van der Waals surface area contributed by atoms with Crippen LogP contribution in [0.25, 0.3) is 0 Å². The van der Waals surface area contributed by atoms with Crippen molar-refractivity contribution in [1.82, 2.24) is 10.2 Å². The van der Waals surface area contributed by atoms with Crippen LogP contribution in [-0.2, 0) is 4.79 Å². The predicted molar refractivity (Wildman–Crippen MR) is 76.4 cm³/mol. The summed E-state index contributed by atoms with van der Waals surface area (Å²) in [6.07, 6.45) is 0. The Bertz CT molecular complexity index is 453. The molecule has 0 spiro atoms. The van der Waals surface area contributed by atoms with Crippen molar-refractivity contribution in [2.45, 2.75) is 0 Å². The third-order valence-electron chi connectivity index (χ3n) is 2.77. The number of benzene rings is 1. The molecule has 0 atom stereocenters. The second kappa shape index (κ2) is 6.66. The Morgan fingerprint density at radius 2 is 1.79 bits per heavy atom. The largest absolute Gasteiger partial charge is 0.481 e. The molecule has 104 valence electrons. The highest BCUT2D eigenvalue weighted by Crippen LogP contribution is 2.35. The van der Waals surface area contributed by atoms with Gasteiger partial charge in [-0.15, -0.1) is 0 Å². The third kappa shape index (κ3) is 3.89. The summed E-state index contributed by atoms with van der Waals surface area (Å²) in [5, 5.41) is 4.20. The summed E-state index contributed by atoms with van der Waals surface area (Å²) in [6.45, 7) is 2.89. The van der Waals surface area contributed by atoms with Crippen molar-refractivity contribution in [1.29, 1.82) is 0 Å². The van der Waals surface area contributed by atoms with Gasteiger partial charge in [-0.3, -0.25) is 4.79 Å². The number of halogens is 3. The van der Waals surface area contributed by atoms with E-state index in [1.54, 1.807) is 4.90 Å². The molecule has 1 aromatic rings. The number of nitrogens with one attached hydrogen (secondary N) is 1. The predicted octanol–water partition coefficient (Wildman–Crippen LogP) is 2.46. The van der Waals surface area contributed by atoms with Gasteiger partial charge >= 0.3 is 0 Å². The quantitative estimate of drug-likeness (QED) is 0.929. The molecule has 1 N–H and O–H groups in total. The molecule has 1 aromatic carbocycles. The number of piperazine rings is 1. The van der Waals surface area contributed by atoms with Gasteiger partial charge in [0.2, 0.25) is 0 Å². The lowest BCUT2D eigenvalue weighted by Gasteiger charge is -2.27. The van der Waals surface area contributed by atoms with Gasteiger partial charge in [0, 0.05) is 31.2 Å². The summed E-state index contributed by atoms with van der Waals surface area (Å²) in [4.78, 5) is 13.7. The number of rotatable bonds is 3. The Morgan fingerprint density at radius 3 is 2.37 bits per heavy atom. The van der Waals surface area contributed by atoms with Gasteiger partial charge in [-0.1, -0.05) is 34.8 Å². The first-order chi connectivity index (χ1) is 9.08. The second-order valence-corrected chi connectivity index (χ2v) is 5.37. The number of carbonyl (C=O) groups is 1. The molecule has 0 unspecified atom stereocenters. The lowest BCUT2D eigenvalue weighted by molar-refractivity contribution is -0.133. The molecule has 0 aliphatic carbocycles. The van der Waals surface area contributed by atoms with Crippen molar-refractivity contribution in [2.75, 3.05) is 32.8 Å². The minimum atomic E-state index is -0.0823. The van der Waals surface area contributed by atoms with Crippen LogP contribution in [-0.4, -0.2) is 43.6 Å². The van der Waals surface area contributed by atoms with Gasteiger partial charge in [0.25, 0.3) is 5.91 Å². The van der Waals surface area contributed by atoms with E-state index in [2.05, 4.69) is 5.32 Å². The average Bonchev–Trinajstić information content (AvgIpc) is 2.38. The highest BCUT2D eigenvalue weighted by Gasteiger charge is 2.18. The standard InChI is InChI=1S/C12H13Cl3N2O2/c13-8-5-9(14)12(10(15)6-8)19-7-11(18)17-3-1-16-2-4-17/h5-6,16H,1-4,7H2. The first-order valence-electron chi connectivity index (χ1n) is 5.84. The van der Waals surface area contributed by atoms with E-state index in [0.29, 0.717) is 28.2 Å². The summed E-state index contributed by atoms with van der Waals surface area (Å²) in [7, 11) is 0. The zero-order chi connectivity index (χ0) is 13.8. The third-order valence-corrected chi connectivity index (χ3v) is 3.55. The molecule has 0 bridgehead atoms. The zero-order valence-corrected chi connectivity index (χ0v) is 12.4. The van der Waals surface area contributed by atoms with E-state index in [9.17, 15) is 4.79 Å². The monoisotopic (exact) mass is 322 g/mol. The normalized spacial score (nSPS) is 15.4. The Hall–Kier alpha value is -0.680. The highest BCUT2D eigenvalue weighted by molar-refractivity contribution is 6.40. The van der Waals surface area contributed by atoms with Crippen LogP contribution >= 0.6 is 34.8 Å². The summed E-state index contributed by atoms with van der Waals surface area (Å²) >= 11 is 17.8. The van der Waals surface area contributed by atoms with E-state index in [1.807, 2.05) is 0 Å². The van der Waals surface area contributed by atoms with Gasteiger partial charge < -0.3 is 15.0 Å². The average molecular weight is 324 g/mol. The highest BCUT2D eigenvalue weighted by atomic mass is 35.5. The van der Waals surface area contributed by atoms with Gasteiger partial charge in [0.1, 0.15) is 0 Å². The first kappa shape index (κ1) is 14.7. The number of amides is 1. The van der Waals surface area contributed by atoms with E-state index >= 15 is 0 Å². The Morgan fingerprint density at radius 1 is 1.21 bits per heavy atom. The number of hydrogen-bond donors (Lipinski definition) is 1. The number of hydrogen-bond acceptors (Lipinski definition) is 3. The van der Waals surface area contributed by atoms with Crippen LogP contribution in [0.4, 0.5) is 0 Å². The van der Waals surface area contributed by atoms with Gasteiger partial charge in [-0.05, 0) is 12.1 Å². The van der Waals surface area contributed by atoms with Gasteiger partial charge in [0.05, 0.1) is 10.0 Å². The van der Waals surface area contributed by atoms with Gasteiger partial charge in [-0.25, -0.2) is 0 Å². The number of nitrogens with zero attached hydrogens (tertiary/aromatic N) is 1. The lowest BCUT2D eigenvalue weighted by atomic mass is 10.3. The molecule has 0 radical (unpaired) electrons. The van der Waals surface area contributed by atoms with Gasteiger partial charge in [-0.2, -0.15) is 0 Å². The molecule has 1 heterocycles. The molecule has 1 amide bonds. The molecule has 1 fully saturated rings. The Balaban J connectivity index is 1.96. The van der Waals surface area contributed by atoms with Crippen molar-refractivity contribution in [3.63, 3.8) is 0 Å². The van der Waals surface area contributed by atoms with Crippen LogP contribution in [0.5, 0.6) is 5.75 Å². The molecule has 1 aliphatic rings. The van der Waals surface area contributed by atoms with Crippen LogP contribution in [0.1, 0.15) is 0 Å². The maximum atomic E-state index is 11.9. The van der Waals surface area contributed by atoms with Gasteiger partial charge in [0.15, 0.2) is 12.4 Å². The van der Waals surface area contributed by atoms with Crippen molar-refractivity contribution in [3.05, 3.63) is 27.2 Å². The molecule has 7 heteroatoms. The molecule has 1 saturated heterocycles. The molecule has 19 heavy (non-hydrogen) atoms. The zero-order valence-electron chi connectivity index (χ0n) is 10.1. The van der Waals surface area contributed by atoms with Crippen LogP contribution in [0.3, 0.4) is 0 Å². The summed E-state index contributed by atoms with van der Waals surface area (Å²) < 4.78 is 5.40. The van der Waals surface area contributed by atoms with E-state index in [4.69, 9.17) is 39.5 Å². The minimum Gasteiger partial charge on any atom is -0.481 e. The Kier molecular flexibility index (Phi) is 5.16. The fourth-order valence-corrected chi connectivity index (χ4v) is 2.73. The number of carbonyl (C=O) groups excluding carboxylic acids is 1. The van der Waals surface area contributed by atoms with Crippen LogP contribution in [0, 0.1) is 0 Å². The minimum absolute atomic E-state index is 0.0800. The molecule has 2 rings (SSSR count). The molecular weight excluding hydrogens is 311 g/mol. The fourth-order valence-electron chi connectivity index (χ4n) is 1.81. The fraction of sp³-hybridized carbons (Fsp3) is 0.417. The molecule has 0 aromatic heterocycles. The SMILES string of the molecule is O=C(COc1c(Cl)cc(Cl)cc1Cl)N1CCNCC1. The summed E-state index contributed by atoms with van der Waals surface area (Å²) in [5.41, 5.74) is 0. The van der Waals surface area contributed by atoms with Crippen LogP contribution in [0.2, 0.25) is 15.1 Å². The summed E-state index contributed by atoms with van der Waals surface area (Å²) in [6, 6.07) is 3.05. The molecule has 4 nitrogen and oxygen atoms in total. The van der Waals surface area contributed by atoms with Crippen molar-refractivity contribution in [2.24, 2.45) is 0 Å². The maximum Gasteiger partial charge on any atom is 0.260 e. The van der Waals surface area contributed by atoms with Crippen molar-refractivity contribution < 1.29 is 9.53 Å². The summed E-state index contributed by atoms with van der Waals surface area (Å²) in [5.74, 6) is 0.208. The van der Waals surface area contributed by atoms with E-state index in [1.165, 1.54) is 12.1 Å². The van der Waals surface area contributed by atoms with Crippen LogP contribution < -0.4 is 10.1 Å². The van der Waals surface area contributed by atoms with Crippen molar-refractivity contribution in [3.8, 4) is 5.75 Å². The molecular formula is C12H13Cl3N2O2. The number of ether oxygens (including phenoxy) is 1. The van der Waals surface area contributed by atoms with E-state index in [0.717, 1.165) is 13.1 Å².